The average molecular weight is 563 g/mol. The van der Waals surface area contributed by atoms with Gasteiger partial charge in [-0.3, -0.25) is 14.4 Å². The molecule has 0 aromatic heterocycles. The maximum absolute atomic E-state index is 14.7. The minimum atomic E-state index is -0.819. The third-order valence-electron chi connectivity index (χ3n) is 8.78. The summed E-state index contributed by atoms with van der Waals surface area (Å²) in [6, 6.07) is 18.0. The van der Waals surface area contributed by atoms with E-state index in [0.29, 0.717) is 32.4 Å². The van der Waals surface area contributed by atoms with Gasteiger partial charge in [-0.1, -0.05) is 66.7 Å². The fraction of sp³-hybridized carbons (Fsp3) is 0.469. The van der Waals surface area contributed by atoms with Crippen LogP contribution >= 0.6 is 11.8 Å². The lowest BCUT2D eigenvalue weighted by molar-refractivity contribution is -0.155. The molecule has 0 saturated carbocycles. The highest BCUT2D eigenvalue weighted by molar-refractivity contribution is 8.02. The summed E-state index contributed by atoms with van der Waals surface area (Å²) < 4.78 is 4.23. The molecule has 2 unspecified atom stereocenters. The predicted octanol–water partition coefficient (Wildman–Crippen LogP) is 3.85. The third kappa shape index (κ3) is 4.75. The van der Waals surface area contributed by atoms with E-state index in [1.54, 1.807) is 34.6 Å². The Kier molecular flexibility index (Phi) is 8.11. The Morgan fingerprint density at radius 3 is 2.40 bits per heavy atom. The van der Waals surface area contributed by atoms with Crippen molar-refractivity contribution in [3.8, 4) is 0 Å². The van der Waals surface area contributed by atoms with Crippen molar-refractivity contribution in [2.45, 2.75) is 61.2 Å². The van der Waals surface area contributed by atoms with E-state index in [1.165, 1.54) is 0 Å². The smallest absolute Gasteiger partial charge is 0.311 e. The number of benzene rings is 2. The summed E-state index contributed by atoms with van der Waals surface area (Å²) in [5.41, 5.74) is 1.94. The number of thioether (sulfide) groups is 1. The standard InChI is InChI=1S/C32H38N2O5S/c1-4-18-33(20-23-14-10-7-11-15-23)29(37)27-32-17-16-31(3,40-32)26(30(38)39-5-2)25(32)28(36)34(27)24(21-35)19-22-12-8-6-9-13-22/h4,6-15,24-27,35H,1,5,16-21H2,2-3H3/t24-,25+,26+,27?,31-,32?/m1/s1. The SMILES string of the molecule is C=CCN(Cc1ccccc1)C(=O)C1N([C@@H](CO)Cc2ccccc2)C(=O)[C@@H]2[C@@H](C(=O)OCC)[C@@]3(C)CCC12S3. The van der Waals surface area contributed by atoms with Gasteiger partial charge in [0.05, 0.1) is 35.8 Å². The van der Waals surface area contributed by atoms with Crippen molar-refractivity contribution < 1.29 is 24.2 Å². The second kappa shape index (κ2) is 11.4. The van der Waals surface area contributed by atoms with Crippen LogP contribution in [0, 0.1) is 11.8 Å². The molecular weight excluding hydrogens is 524 g/mol. The highest BCUT2D eigenvalue weighted by atomic mass is 32.2. The van der Waals surface area contributed by atoms with Crippen LogP contribution in [0.3, 0.4) is 0 Å². The first-order valence-corrected chi connectivity index (χ1v) is 14.9. The molecule has 8 heteroatoms. The lowest BCUT2D eigenvalue weighted by Crippen LogP contribution is -2.57. The van der Waals surface area contributed by atoms with Crippen LogP contribution in [0.25, 0.3) is 0 Å². The zero-order valence-corrected chi connectivity index (χ0v) is 24.0. The predicted molar refractivity (Wildman–Crippen MR) is 155 cm³/mol. The molecule has 6 atom stereocenters. The van der Waals surface area contributed by atoms with Gasteiger partial charge in [-0.15, -0.1) is 18.3 Å². The molecule has 3 saturated heterocycles. The summed E-state index contributed by atoms with van der Waals surface area (Å²) in [6.45, 7) is 8.32. The monoisotopic (exact) mass is 562 g/mol. The lowest BCUT2D eigenvalue weighted by Gasteiger charge is -2.39. The minimum Gasteiger partial charge on any atom is -0.466 e. The molecule has 2 aromatic rings. The number of ether oxygens (including phenoxy) is 1. The summed E-state index contributed by atoms with van der Waals surface area (Å²) >= 11 is 1.62. The largest absolute Gasteiger partial charge is 0.466 e. The molecule has 1 N–H and O–H groups in total. The Bertz CT molecular complexity index is 1260. The highest BCUT2D eigenvalue weighted by Gasteiger charge is 2.78. The fourth-order valence-corrected chi connectivity index (χ4v) is 9.45. The van der Waals surface area contributed by atoms with E-state index in [9.17, 15) is 19.5 Å². The molecule has 3 aliphatic rings. The van der Waals surface area contributed by atoms with E-state index in [1.807, 2.05) is 67.6 Å². The van der Waals surface area contributed by atoms with Gasteiger partial charge < -0.3 is 19.6 Å². The number of likely N-dealkylation sites (tertiary alicyclic amines) is 1. The van der Waals surface area contributed by atoms with Gasteiger partial charge in [-0.2, -0.15) is 0 Å². The lowest BCUT2D eigenvalue weighted by atomic mass is 9.66. The molecule has 2 aromatic carbocycles. The highest BCUT2D eigenvalue weighted by Crippen LogP contribution is 2.71. The van der Waals surface area contributed by atoms with Gasteiger partial charge in [0.2, 0.25) is 11.8 Å². The summed E-state index contributed by atoms with van der Waals surface area (Å²) in [5, 5.41) is 10.6. The maximum atomic E-state index is 14.7. The first-order valence-electron chi connectivity index (χ1n) is 14.1. The van der Waals surface area contributed by atoms with Crippen LogP contribution in [-0.4, -0.2) is 74.0 Å². The van der Waals surface area contributed by atoms with E-state index in [0.717, 1.165) is 11.1 Å². The number of hydrogen-bond donors (Lipinski definition) is 1. The molecule has 1 spiro atoms. The summed E-state index contributed by atoms with van der Waals surface area (Å²) in [5.74, 6) is -2.11. The number of carbonyl (C=O) groups is 3. The Balaban J connectivity index is 1.59. The second-order valence-electron chi connectivity index (χ2n) is 11.2. The van der Waals surface area contributed by atoms with Crippen LogP contribution in [-0.2, 0) is 32.1 Å². The van der Waals surface area contributed by atoms with Crippen molar-refractivity contribution in [1.82, 2.24) is 9.80 Å². The van der Waals surface area contributed by atoms with Crippen LogP contribution < -0.4 is 0 Å². The molecule has 3 aliphatic heterocycles. The van der Waals surface area contributed by atoms with Crippen LogP contribution in [0.2, 0.25) is 0 Å². The van der Waals surface area contributed by atoms with Crippen molar-refractivity contribution in [2.75, 3.05) is 19.8 Å². The molecule has 2 amide bonds. The van der Waals surface area contributed by atoms with E-state index < -0.39 is 33.4 Å². The summed E-state index contributed by atoms with van der Waals surface area (Å²) in [7, 11) is 0. The normalized spacial score (nSPS) is 29.2. The van der Waals surface area contributed by atoms with Crippen LogP contribution in [0.1, 0.15) is 37.8 Å². The first kappa shape index (κ1) is 28.4. The van der Waals surface area contributed by atoms with Crippen molar-refractivity contribution in [3.63, 3.8) is 0 Å². The van der Waals surface area contributed by atoms with Crippen molar-refractivity contribution in [3.05, 3.63) is 84.4 Å². The molecule has 212 valence electrons. The molecule has 40 heavy (non-hydrogen) atoms. The molecule has 5 rings (SSSR count). The van der Waals surface area contributed by atoms with Gasteiger partial charge in [0, 0.05) is 17.8 Å². The molecule has 0 aliphatic carbocycles. The second-order valence-corrected chi connectivity index (χ2v) is 13.1. The Morgan fingerprint density at radius 2 is 1.80 bits per heavy atom. The first-order chi connectivity index (χ1) is 19.3. The number of hydrogen-bond acceptors (Lipinski definition) is 6. The molecular formula is C32H38N2O5S. The maximum Gasteiger partial charge on any atom is 0.311 e. The van der Waals surface area contributed by atoms with Crippen LogP contribution in [0.5, 0.6) is 0 Å². The van der Waals surface area contributed by atoms with Crippen molar-refractivity contribution in [1.29, 1.82) is 0 Å². The van der Waals surface area contributed by atoms with Gasteiger partial charge in [0.15, 0.2) is 0 Å². The minimum absolute atomic E-state index is 0.174. The van der Waals surface area contributed by atoms with Crippen LogP contribution in [0.4, 0.5) is 0 Å². The Hall–Kier alpha value is -3.10. The zero-order valence-electron chi connectivity index (χ0n) is 23.2. The number of esters is 1. The topological polar surface area (TPSA) is 87.2 Å². The zero-order chi connectivity index (χ0) is 28.5. The number of aliphatic hydroxyl groups excluding tert-OH is 1. The van der Waals surface area contributed by atoms with Gasteiger partial charge >= 0.3 is 5.97 Å². The van der Waals surface area contributed by atoms with Gasteiger partial charge in [-0.25, -0.2) is 0 Å². The molecule has 3 heterocycles. The summed E-state index contributed by atoms with van der Waals surface area (Å²) in [4.78, 5) is 45.9. The number of nitrogens with zero attached hydrogens (tertiary/aromatic N) is 2. The molecule has 2 bridgehead atoms. The quantitative estimate of drug-likeness (QED) is 0.331. The number of amides is 2. The van der Waals surface area contributed by atoms with E-state index >= 15 is 0 Å². The number of fused-ring (bicyclic) bond motifs is 1. The van der Waals surface area contributed by atoms with E-state index in [4.69, 9.17) is 4.74 Å². The van der Waals surface area contributed by atoms with Crippen LogP contribution in [0.15, 0.2) is 73.3 Å². The number of rotatable bonds is 11. The fourth-order valence-electron chi connectivity index (χ4n) is 7.13. The van der Waals surface area contributed by atoms with E-state index in [-0.39, 0.29) is 31.0 Å². The average Bonchev–Trinajstić information content (AvgIpc) is 3.53. The van der Waals surface area contributed by atoms with Gasteiger partial charge in [0.25, 0.3) is 0 Å². The summed E-state index contributed by atoms with van der Waals surface area (Å²) in [6.07, 6.45) is 3.46. The molecule has 0 radical (unpaired) electrons. The Morgan fingerprint density at radius 1 is 1.15 bits per heavy atom. The van der Waals surface area contributed by atoms with Gasteiger partial charge in [-0.05, 0) is 44.2 Å². The van der Waals surface area contributed by atoms with Crippen molar-refractivity contribution >= 4 is 29.5 Å². The molecule has 7 nitrogen and oxygen atoms in total. The third-order valence-corrected chi connectivity index (χ3v) is 10.8. The number of aliphatic hydroxyl groups is 1. The van der Waals surface area contributed by atoms with Crippen molar-refractivity contribution in [2.24, 2.45) is 11.8 Å². The Labute approximate surface area is 240 Å². The van der Waals surface area contributed by atoms with E-state index in [2.05, 4.69) is 6.58 Å². The number of carbonyl (C=O) groups excluding carboxylic acids is 3. The molecule has 3 fully saturated rings. The van der Waals surface area contributed by atoms with Gasteiger partial charge in [0.1, 0.15) is 6.04 Å².